The lowest BCUT2D eigenvalue weighted by Crippen LogP contribution is -1.99. The molecule has 0 atom stereocenters. The fourth-order valence-electron chi connectivity index (χ4n) is 0.857. The summed E-state index contributed by atoms with van der Waals surface area (Å²) in [6, 6.07) is 0. The van der Waals surface area contributed by atoms with Gasteiger partial charge in [-0.3, -0.25) is 4.98 Å². The third-order valence-electron chi connectivity index (χ3n) is 1.49. The van der Waals surface area contributed by atoms with Crippen LogP contribution in [0.1, 0.15) is 17.7 Å². The molecule has 1 rings (SSSR count). The van der Waals surface area contributed by atoms with E-state index in [-0.39, 0.29) is 5.69 Å². The second-order valence-corrected chi connectivity index (χ2v) is 2.27. The largest absolute Gasteiger partial charge is 0.505 e. The Labute approximate surface area is 71.5 Å². The van der Waals surface area contributed by atoms with E-state index in [2.05, 4.69) is 4.98 Å². The predicted molar refractivity (Wildman–Crippen MR) is 36.7 cm³/mol. The van der Waals surface area contributed by atoms with Crippen LogP contribution in [0.2, 0.25) is 0 Å². The van der Waals surface area contributed by atoms with Crippen LogP contribution in [-0.4, -0.2) is 15.2 Å². The van der Waals surface area contributed by atoms with E-state index in [0.717, 1.165) is 0 Å². The van der Waals surface area contributed by atoms with Crippen LogP contribution in [0.25, 0.3) is 0 Å². The Morgan fingerprint density at radius 1 is 1.46 bits per heavy atom. The molecule has 3 nitrogen and oxygen atoms in total. The van der Waals surface area contributed by atoms with Crippen molar-refractivity contribution in [1.29, 1.82) is 0 Å². The fraction of sp³-hybridized carbons (Fsp3) is 0.286. The number of halogens is 3. The predicted octanol–water partition coefficient (Wildman–Crippen LogP) is 1.36. The molecule has 1 aromatic rings. The zero-order valence-corrected chi connectivity index (χ0v) is 6.34. The number of rotatable bonds is 2. The van der Waals surface area contributed by atoms with Crippen LogP contribution in [-0.2, 0) is 6.61 Å². The summed E-state index contributed by atoms with van der Waals surface area (Å²) in [7, 11) is 0. The van der Waals surface area contributed by atoms with Gasteiger partial charge in [-0.25, -0.2) is 13.2 Å². The van der Waals surface area contributed by atoms with E-state index in [1.165, 1.54) is 0 Å². The van der Waals surface area contributed by atoms with Crippen molar-refractivity contribution in [3.8, 4) is 5.75 Å². The van der Waals surface area contributed by atoms with Crippen molar-refractivity contribution in [3.05, 3.63) is 23.3 Å². The second kappa shape index (κ2) is 3.61. The molecule has 0 radical (unpaired) electrons. The maximum Gasteiger partial charge on any atom is 0.270 e. The monoisotopic (exact) mass is 193 g/mol. The Morgan fingerprint density at radius 2 is 2.08 bits per heavy atom. The number of nitrogens with zero attached hydrogens (tertiary/aromatic N) is 1. The average Bonchev–Trinajstić information content (AvgIpc) is 2.04. The Balaban J connectivity index is 3.30. The van der Waals surface area contributed by atoms with Gasteiger partial charge in [-0.15, -0.1) is 0 Å². The summed E-state index contributed by atoms with van der Waals surface area (Å²) in [5.41, 5.74) is -1.49. The highest BCUT2D eigenvalue weighted by molar-refractivity contribution is 5.37. The first-order chi connectivity index (χ1) is 6.07. The van der Waals surface area contributed by atoms with Crippen LogP contribution in [0.15, 0.2) is 6.20 Å². The van der Waals surface area contributed by atoms with Crippen molar-refractivity contribution >= 4 is 0 Å². The highest BCUT2D eigenvalue weighted by atomic mass is 19.3. The SMILES string of the molecule is OCc1ncc(F)c(C(F)F)c1O. The molecule has 13 heavy (non-hydrogen) atoms. The van der Waals surface area contributed by atoms with Gasteiger partial charge < -0.3 is 10.2 Å². The lowest BCUT2D eigenvalue weighted by molar-refractivity contribution is 0.141. The molecule has 2 N–H and O–H groups in total. The number of aromatic hydroxyl groups is 1. The number of pyridine rings is 1. The van der Waals surface area contributed by atoms with Crippen molar-refractivity contribution in [2.45, 2.75) is 13.0 Å². The van der Waals surface area contributed by atoms with Crippen molar-refractivity contribution in [1.82, 2.24) is 4.98 Å². The first-order valence-corrected chi connectivity index (χ1v) is 3.33. The number of hydrogen-bond donors (Lipinski definition) is 2. The lowest BCUT2D eigenvalue weighted by Gasteiger charge is -2.06. The Morgan fingerprint density at radius 3 is 2.54 bits per heavy atom. The van der Waals surface area contributed by atoms with Gasteiger partial charge in [0.25, 0.3) is 6.43 Å². The zero-order chi connectivity index (χ0) is 10.0. The first-order valence-electron chi connectivity index (χ1n) is 3.33. The molecule has 0 spiro atoms. The molecule has 0 amide bonds. The minimum atomic E-state index is -3.13. The minimum absolute atomic E-state index is 0.364. The summed E-state index contributed by atoms with van der Waals surface area (Å²) < 4.78 is 36.8. The smallest absolute Gasteiger partial charge is 0.270 e. The van der Waals surface area contributed by atoms with Crippen molar-refractivity contribution in [2.24, 2.45) is 0 Å². The third kappa shape index (κ3) is 1.72. The summed E-state index contributed by atoms with van der Waals surface area (Å²) in [5, 5.41) is 17.5. The third-order valence-corrected chi connectivity index (χ3v) is 1.49. The number of aliphatic hydroxyl groups excluding tert-OH is 1. The van der Waals surface area contributed by atoms with Gasteiger partial charge in [0.1, 0.15) is 5.69 Å². The molecule has 6 heteroatoms. The van der Waals surface area contributed by atoms with Gasteiger partial charge in [0, 0.05) is 0 Å². The molecule has 0 aliphatic heterocycles. The van der Waals surface area contributed by atoms with Crippen LogP contribution in [0.3, 0.4) is 0 Å². The van der Waals surface area contributed by atoms with Gasteiger partial charge in [0.05, 0.1) is 18.4 Å². The summed E-state index contributed by atoms with van der Waals surface area (Å²) >= 11 is 0. The molecule has 1 heterocycles. The molecule has 0 aliphatic rings. The lowest BCUT2D eigenvalue weighted by atomic mass is 10.2. The van der Waals surface area contributed by atoms with E-state index in [9.17, 15) is 13.2 Å². The van der Waals surface area contributed by atoms with Crippen LogP contribution in [0.5, 0.6) is 5.75 Å². The van der Waals surface area contributed by atoms with Gasteiger partial charge in [0.2, 0.25) is 0 Å². The van der Waals surface area contributed by atoms with Gasteiger partial charge in [0.15, 0.2) is 11.6 Å². The van der Waals surface area contributed by atoms with Crippen LogP contribution < -0.4 is 0 Å². The van der Waals surface area contributed by atoms with Gasteiger partial charge >= 0.3 is 0 Å². The number of aromatic nitrogens is 1. The Hall–Kier alpha value is -1.30. The summed E-state index contributed by atoms with van der Waals surface area (Å²) in [6.07, 6.45) is -2.60. The zero-order valence-electron chi connectivity index (χ0n) is 6.34. The normalized spacial score (nSPS) is 10.8. The van der Waals surface area contributed by atoms with E-state index >= 15 is 0 Å². The molecule has 0 aliphatic carbocycles. The molecule has 0 saturated heterocycles. The molecule has 0 saturated carbocycles. The van der Waals surface area contributed by atoms with E-state index in [0.29, 0.717) is 6.20 Å². The average molecular weight is 193 g/mol. The highest BCUT2D eigenvalue weighted by Gasteiger charge is 2.21. The summed E-state index contributed by atoms with van der Waals surface area (Å²) in [4.78, 5) is 3.23. The van der Waals surface area contributed by atoms with E-state index < -0.39 is 30.2 Å². The molecule has 0 aromatic carbocycles. The standard InChI is InChI=1S/C7H6F3NO2/c8-3-1-11-4(2-12)6(13)5(3)7(9)10/h1,7,12-13H,2H2. The topological polar surface area (TPSA) is 53.4 Å². The van der Waals surface area contributed by atoms with Crippen LogP contribution in [0.4, 0.5) is 13.2 Å². The molecule has 0 unspecified atom stereocenters. The van der Waals surface area contributed by atoms with E-state index in [1.54, 1.807) is 0 Å². The quantitative estimate of drug-likeness (QED) is 0.745. The van der Waals surface area contributed by atoms with Gasteiger partial charge in [-0.2, -0.15) is 0 Å². The van der Waals surface area contributed by atoms with E-state index in [1.807, 2.05) is 0 Å². The molecule has 0 bridgehead atoms. The number of aliphatic hydroxyl groups is 1. The molecular weight excluding hydrogens is 187 g/mol. The number of hydrogen-bond acceptors (Lipinski definition) is 3. The maximum absolute atomic E-state index is 12.6. The molecule has 72 valence electrons. The summed E-state index contributed by atoms with van der Waals surface area (Å²) in [6.45, 7) is -0.716. The van der Waals surface area contributed by atoms with Crippen LogP contribution in [0, 0.1) is 5.82 Å². The summed E-state index contributed by atoms with van der Waals surface area (Å²) in [5.74, 6) is -2.28. The molecule has 0 fully saturated rings. The molecule has 1 aromatic heterocycles. The first kappa shape index (κ1) is 9.79. The Kier molecular flexibility index (Phi) is 2.72. The van der Waals surface area contributed by atoms with Gasteiger partial charge in [-0.05, 0) is 0 Å². The Bertz CT molecular complexity index is 317. The van der Waals surface area contributed by atoms with E-state index in [4.69, 9.17) is 10.2 Å². The van der Waals surface area contributed by atoms with Crippen LogP contribution >= 0.6 is 0 Å². The van der Waals surface area contributed by atoms with Crippen molar-refractivity contribution < 1.29 is 23.4 Å². The van der Waals surface area contributed by atoms with Crippen molar-refractivity contribution in [2.75, 3.05) is 0 Å². The minimum Gasteiger partial charge on any atom is -0.505 e. The fourth-order valence-corrected chi connectivity index (χ4v) is 0.857. The molecular formula is C7H6F3NO2. The highest BCUT2D eigenvalue weighted by Crippen LogP contribution is 2.32. The van der Waals surface area contributed by atoms with Crippen molar-refractivity contribution in [3.63, 3.8) is 0 Å². The number of alkyl halides is 2. The second-order valence-electron chi connectivity index (χ2n) is 2.27. The van der Waals surface area contributed by atoms with Gasteiger partial charge in [-0.1, -0.05) is 0 Å². The maximum atomic E-state index is 12.6.